The van der Waals surface area contributed by atoms with Crippen LogP contribution in [0.4, 0.5) is 0 Å². The van der Waals surface area contributed by atoms with Crippen LogP contribution in [-0.2, 0) is 4.79 Å². The maximum atomic E-state index is 10.1. The molecule has 0 bridgehead atoms. The predicted molar refractivity (Wildman–Crippen MR) is 67.6 cm³/mol. The van der Waals surface area contributed by atoms with E-state index >= 15 is 0 Å². The Morgan fingerprint density at radius 2 is 1.56 bits per heavy atom. The van der Waals surface area contributed by atoms with Crippen LogP contribution in [0.1, 0.15) is 71.1 Å². The van der Waals surface area contributed by atoms with Crippen molar-refractivity contribution in [2.24, 2.45) is 0 Å². The summed E-state index contributed by atoms with van der Waals surface area (Å²) >= 11 is 0. The Morgan fingerprint density at radius 1 is 1.06 bits per heavy atom. The molecular formula is C14H25NaO3. The Balaban J connectivity index is 0. The second-order valence-corrected chi connectivity index (χ2v) is 4.50. The van der Waals surface area contributed by atoms with Crippen LogP contribution < -0.4 is 34.7 Å². The first-order chi connectivity index (χ1) is 8.16. The Hall–Kier alpha value is 0.0100. The second-order valence-electron chi connectivity index (χ2n) is 4.50. The van der Waals surface area contributed by atoms with E-state index in [9.17, 15) is 15.0 Å². The van der Waals surface area contributed by atoms with Gasteiger partial charge in [-0.2, -0.15) is 0 Å². The molecule has 0 aliphatic carbocycles. The molecule has 0 aliphatic heterocycles. The third-order valence-electron chi connectivity index (χ3n) is 2.79. The molecule has 0 aromatic carbocycles. The number of carbonyl (C=O) groups is 1. The monoisotopic (exact) mass is 264 g/mol. The van der Waals surface area contributed by atoms with Crippen LogP contribution in [-0.4, -0.2) is 11.1 Å². The van der Waals surface area contributed by atoms with Gasteiger partial charge in [0.25, 0.3) is 0 Å². The molecule has 0 aliphatic rings. The molecule has 0 spiro atoms. The number of unbranched alkanes of at least 4 members (excludes halogenated alkanes) is 7. The van der Waals surface area contributed by atoms with Crippen LogP contribution in [0.25, 0.3) is 0 Å². The van der Waals surface area contributed by atoms with E-state index in [2.05, 4.69) is 6.92 Å². The third-order valence-corrected chi connectivity index (χ3v) is 2.79. The predicted octanol–water partition coefficient (Wildman–Crippen LogP) is 0.103. The van der Waals surface area contributed by atoms with Crippen LogP contribution in [0.15, 0.2) is 11.8 Å². The van der Waals surface area contributed by atoms with E-state index in [-0.39, 0.29) is 41.7 Å². The summed E-state index contributed by atoms with van der Waals surface area (Å²) in [5.41, 5.74) is 0. The van der Waals surface area contributed by atoms with Crippen molar-refractivity contribution in [2.75, 3.05) is 0 Å². The first-order valence-electron chi connectivity index (χ1n) is 6.74. The number of aliphatic hydroxyl groups is 1. The van der Waals surface area contributed by atoms with E-state index in [1.54, 1.807) is 0 Å². The summed E-state index contributed by atoms with van der Waals surface area (Å²) in [7, 11) is 0. The number of hydrogen-bond acceptors (Lipinski definition) is 3. The van der Waals surface area contributed by atoms with Crippen molar-refractivity contribution in [1.29, 1.82) is 0 Å². The van der Waals surface area contributed by atoms with Gasteiger partial charge in [-0.25, -0.2) is 0 Å². The fraction of sp³-hybridized carbons (Fsp3) is 0.786. The number of carboxylic acids is 1. The van der Waals surface area contributed by atoms with Crippen molar-refractivity contribution in [2.45, 2.75) is 71.1 Å². The van der Waals surface area contributed by atoms with E-state index in [1.807, 2.05) is 0 Å². The summed E-state index contributed by atoms with van der Waals surface area (Å²) in [5, 5.41) is 19.5. The second kappa shape index (κ2) is 15.1. The summed E-state index contributed by atoms with van der Waals surface area (Å²) < 4.78 is 0. The minimum absolute atomic E-state index is 0. The van der Waals surface area contributed by atoms with E-state index in [0.717, 1.165) is 12.8 Å². The summed E-state index contributed by atoms with van der Waals surface area (Å²) in [6.45, 7) is 2.21. The fourth-order valence-corrected chi connectivity index (χ4v) is 1.74. The summed E-state index contributed by atoms with van der Waals surface area (Å²) in [6, 6.07) is 0. The van der Waals surface area contributed by atoms with Crippen molar-refractivity contribution < 1.29 is 44.6 Å². The molecule has 1 N–H and O–H groups in total. The number of aliphatic hydroxyl groups excluding tert-OH is 1. The summed E-state index contributed by atoms with van der Waals surface area (Å²) in [6.07, 6.45) is 11.5. The van der Waals surface area contributed by atoms with E-state index < -0.39 is 5.97 Å². The largest absolute Gasteiger partial charge is 1.00 e. The molecule has 0 atom stereocenters. The van der Waals surface area contributed by atoms with Gasteiger partial charge < -0.3 is 15.0 Å². The summed E-state index contributed by atoms with van der Waals surface area (Å²) in [5.74, 6) is -0.965. The Bertz CT molecular complexity index is 227. The molecule has 0 aromatic rings. The minimum atomic E-state index is -1.15. The van der Waals surface area contributed by atoms with Crippen molar-refractivity contribution in [1.82, 2.24) is 0 Å². The van der Waals surface area contributed by atoms with Crippen LogP contribution in [0.3, 0.4) is 0 Å². The van der Waals surface area contributed by atoms with Crippen LogP contribution >= 0.6 is 0 Å². The van der Waals surface area contributed by atoms with E-state index in [0.29, 0.717) is 6.42 Å². The van der Waals surface area contributed by atoms with Gasteiger partial charge in [0.1, 0.15) is 0 Å². The molecule has 0 aromatic heterocycles. The number of carbonyl (C=O) groups excluding carboxylic acids is 1. The molecule has 0 unspecified atom stereocenters. The van der Waals surface area contributed by atoms with Crippen LogP contribution in [0.2, 0.25) is 0 Å². The molecule has 18 heavy (non-hydrogen) atoms. The topological polar surface area (TPSA) is 60.4 Å². The molecular weight excluding hydrogens is 239 g/mol. The van der Waals surface area contributed by atoms with Crippen molar-refractivity contribution in [3.8, 4) is 0 Å². The normalized spacial score (nSPS) is 11.1. The molecule has 0 fully saturated rings. The van der Waals surface area contributed by atoms with Gasteiger partial charge >= 0.3 is 29.6 Å². The zero-order valence-corrected chi connectivity index (χ0v) is 13.9. The quantitative estimate of drug-likeness (QED) is 0.327. The van der Waals surface area contributed by atoms with Gasteiger partial charge in [-0.05, 0) is 12.5 Å². The van der Waals surface area contributed by atoms with Crippen LogP contribution in [0.5, 0.6) is 0 Å². The number of carboxylic acid groups (broad SMARTS) is 1. The van der Waals surface area contributed by atoms with Crippen LogP contribution in [0, 0.1) is 0 Å². The van der Waals surface area contributed by atoms with Gasteiger partial charge in [-0.15, -0.1) is 0 Å². The zero-order valence-electron chi connectivity index (χ0n) is 11.9. The molecule has 100 valence electrons. The molecule has 0 amide bonds. The Labute approximate surface area is 133 Å². The van der Waals surface area contributed by atoms with Gasteiger partial charge in [0.2, 0.25) is 0 Å². The maximum Gasteiger partial charge on any atom is 1.00 e. The molecule has 3 nitrogen and oxygen atoms in total. The molecule has 0 heterocycles. The van der Waals surface area contributed by atoms with E-state index in [4.69, 9.17) is 0 Å². The molecule has 0 radical (unpaired) electrons. The smallest absolute Gasteiger partial charge is 0.550 e. The van der Waals surface area contributed by atoms with Gasteiger partial charge in [0, 0.05) is 18.8 Å². The molecule has 4 heteroatoms. The van der Waals surface area contributed by atoms with Gasteiger partial charge in [0.05, 0.1) is 5.76 Å². The average molecular weight is 264 g/mol. The van der Waals surface area contributed by atoms with E-state index in [1.165, 1.54) is 44.6 Å². The molecule has 0 saturated heterocycles. The number of allylic oxidation sites excluding steroid dienone is 1. The number of rotatable bonds is 11. The maximum absolute atomic E-state index is 10.1. The Morgan fingerprint density at radius 3 is 2.06 bits per heavy atom. The van der Waals surface area contributed by atoms with Crippen molar-refractivity contribution in [3.63, 3.8) is 0 Å². The van der Waals surface area contributed by atoms with Crippen molar-refractivity contribution in [3.05, 3.63) is 11.8 Å². The molecule has 0 rings (SSSR count). The number of hydrogen-bond donors (Lipinski definition) is 1. The number of aliphatic carboxylic acids is 1. The zero-order chi connectivity index (χ0) is 12.9. The fourth-order valence-electron chi connectivity index (χ4n) is 1.74. The first kappa shape index (κ1) is 20.3. The summed E-state index contributed by atoms with van der Waals surface area (Å²) in [4.78, 5) is 10.1. The average Bonchev–Trinajstić information content (AvgIpc) is 2.30. The standard InChI is InChI=1S/C14H26O3.Na/c1-2-3-4-5-6-7-8-9-10-13(15)11-12-14(16)17;/h11,15H,2-10,12H2,1H3,(H,16,17);/q;+1/p-1. The van der Waals surface area contributed by atoms with Crippen molar-refractivity contribution >= 4 is 5.97 Å². The molecule has 0 saturated carbocycles. The first-order valence-corrected chi connectivity index (χ1v) is 6.74. The third kappa shape index (κ3) is 16.0. The van der Waals surface area contributed by atoms with Gasteiger partial charge in [-0.1, -0.05) is 51.9 Å². The SMILES string of the molecule is CCCCCCCCCCC(O)=CCC(=O)[O-].[Na+]. The Kier molecular flexibility index (Phi) is 17.0. The minimum Gasteiger partial charge on any atom is -0.550 e. The van der Waals surface area contributed by atoms with Gasteiger partial charge in [0.15, 0.2) is 0 Å². The van der Waals surface area contributed by atoms with Gasteiger partial charge in [-0.3, -0.25) is 0 Å².